The van der Waals surface area contributed by atoms with Gasteiger partial charge >= 0.3 is 0 Å². The maximum Gasteiger partial charge on any atom is 0.247 e. The lowest BCUT2D eigenvalue weighted by atomic mass is 10.1. The summed E-state index contributed by atoms with van der Waals surface area (Å²) in [5, 5.41) is 0.735. The van der Waals surface area contributed by atoms with Crippen LogP contribution in [0.3, 0.4) is 0 Å². The van der Waals surface area contributed by atoms with E-state index in [1.165, 1.54) is 10.5 Å². The van der Waals surface area contributed by atoms with Crippen molar-refractivity contribution in [2.24, 2.45) is 0 Å². The molecule has 0 radical (unpaired) electrons. The predicted octanol–water partition coefficient (Wildman–Crippen LogP) is 3.14. The number of piperazine rings is 1. The molecule has 152 valence electrons. The Bertz CT molecular complexity index is 894. The van der Waals surface area contributed by atoms with Gasteiger partial charge in [-0.2, -0.15) is 0 Å². The normalized spacial score (nSPS) is 20.6. The van der Waals surface area contributed by atoms with Crippen LogP contribution in [0.5, 0.6) is 0 Å². The molecule has 2 aliphatic heterocycles. The summed E-state index contributed by atoms with van der Waals surface area (Å²) in [7, 11) is 0. The van der Waals surface area contributed by atoms with E-state index in [9.17, 15) is 9.59 Å². The average molecular weight is 412 g/mol. The number of benzene rings is 2. The molecule has 0 N–H and O–H groups in total. The number of carbonyl (C=O) groups excluding carboxylic acids is 2. The van der Waals surface area contributed by atoms with E-state index in [1.807, 2.05) is 48.5 Å². The summed E-state index contributed by atoms with van der Waals surface area (Å²) in [6, 6.07) is 15.6. The first-order valence-electron chi connectivity index (χ1n) is 10.2. The van der Waals surface area contributed by atoms with Crippen LogP contribution in [0.25, 0.3) is 0 Å². The molecule has 5 nitrogen and oxygen atoms in total. The summed E-state index contributed by atoms with van der Waals surface area (Å²) < 4.78 is 0. The van der Waals surface area contributed by atoms with Crippen molar-refractivity contribution in [3.63, 3.8) is 0 Å². The van der Waals surface area contributed by atoms with Crippen LogP contribution in [0.1, 0.15) is 17.5 Å². The number of anilines is 1. The smallest absolute Gasteiger partial charge is 0.247 e. The van der Waals surface area contributed by atoms with E-state index in [-0.39, 0.29) is 17.9 Å². The summed E-state index contributed by atoms with van der Waals surface area (Å²) in [5.41, 5.74) is 3.49. The lowest BCUT2D eigenvalue weighted by Crippen LogP contribution is -2.52. The number of amides is 2. The largest absolute Gasteiger partial charge is 0.369 e. The first-order chi connectivity index (χ1) is 14.0. The van der Waals surface area contributed by atoms with Crippen LogP contribution in [0.15, 0.2) is 48.5 Å². The van der Waals surface area contributed by atoms with Crippen LogP contribution in [0, 0.1) is 6.92 Å². The molecular formula is C23H26ClN3O2. The van der Waals surface area contributed by atoms with E-state index in [1.54, 1.807) is 0 Å². The molecule has 2 aliphatic rings. The number of halogens is 1. The summed E-state index contributed by atoms with van der Waals surface area (Å²) in [6.07, 6.45) is 0.997. The van der Waals surface area contributed by atoms with Gasteiger partial charge in [0.05, 0.1) is 12.5 Å². The summed E-state index contributed by atoms with van der Waals surface area (Å²) >= 11 is 6.17. The number of likely N-dealkylation sites (tertiary alicyclic amines) is 1. The number of aryl methyl sites for hydroxylation is 1. The van der Waals surface area contributed by atoms with Gasteiger partial charge in [0.15, 0.2) is 0 Å². The van der Waals surface area contributed by atoms with Crippen molar-refractivity contribution in [2.45, 2.75) is 25.8 Å². The van der Waals surface area contributed by atoms with Gasteiger partial charge in [-0.3, -0.25) is 19.4 Å². The Morgan fingerprint density at radius 3 is 2.45 bits per heavy atom. The van der Waals surface area contributed by atoms with Crippen LogP contribution in [-0.2, 0) is 16.0 Å². The minimum absolute atomic E-state index is 0.0432. The monoisotopic (exact) mass is 411 g/mol. The number of hydrogen-bond donors (Lipinski definition) is 0. The van der Waals surface area contributed by atoms with Crippen molar-refractivity contribution in [2.75, 3.05) is 37.6 Å². The van der Waals surface area contributed by atoms with Crippen molar-refractivity contribution in [3.05, 3.63) is 64.7 Å². The van der Waals surface area contributed by atoms with Crippen molar-refractivity contribution in [3.8, 4) is 0 Å². The summed E-state index contributed by atoms with van der Waals surface area (Å²) in [6.45, 7) is 5.72. The second kappa shape index (κ2) is 8.56. The molecule has 29 heavy (non-hydrogen) atoms. The molecule has 2 aromatic rings. The third-order valence-electron chi connectivity index (χ3n) is 5.95. The zero-order valence-corrected chi connectivity index (χ0v) is 17.4. The number of nitrogens with zero attached hydrogens (tertiary/aromatic N) is 3. The molecule has 0 aromatic heterocycles. The highest BCUT2D eigenvalue weighted by molar-refractivity contribution is 6.30. The molecular weight excluding hydrogens is 386 g/mol. The SMILES string of the molecule is Cc1ccc(Cl)cc1N1CCN([C@H]2CC(=O)N(CCc3ccccc3)C2=O)CC1. The van der Waals surface area contributed by atoms with Crippen molar-refractivity contribution < 1.29 is 9.59 Å². The molecule has 0 bridgehead atoms. The molecule has 0 unspecified atom stereocenters. The molecule has 2 heterocycles. The number of hydrogen-bond acceptors (Lipinski definition) is 4. The fraction of sp³-hybridized carbons (Fsp3) is 0.391. The molecule has 2 saturated heterocycles. The Labute approximate surface area is 176 Å². The number of imide groups is 1. The highest BCUT2D eigenvalue weighted by atomic mass is 35.5. The van der Waals surface area contributed by atoms with E-state index in [4.69, 9.17) is 11.6 Å². The van der Waals surface area contributed by atoms with Gasteiger partial charge in [0.2, 0.25) is 11.8 Å². The van der Waals surface area contributed by atoms with Gasteiger partial charge in [0, 0.05) is 43.4 Å². The Morgan fingerprint density at radius 1 is 1.00 bits per heavy atom. The van der Waals surface area contributed by atoms with Gasteiger partial charge in [-0.05, 0) is 36.6 Å². The Hall–Kier alpha value is -2.37. The third-order valence-corrected chi connectivity index (χ3v) is 6.19. The topological polar surface area (TPSA) is 43.9 Å². The highest BCUT2D eigenvalue weighted by Gasteiger charge is 2.42. The van der Waals surface area contributed by atoms with Gasteiger partial charge in [-0.1, -0.05) is 48.0 Å². The Morgan fingerprint density at radius 2 is 1.72 bits per heavy atom. The minimum Gasteiger partial charge on any atom is -0.369 e. The fourth-order valence-corrected chi connectivity index (χ4v) is 4.44. The van der Waals surface area contributed by atoms with E-state index >= 15 is 0 Å². The lowest BCUT2D eigenvalue weighted by Gasteiger charge is -2.38. The standard InChI is InChI=1S/C23H26ClN3O2/c1-17-7-8-19(24)15-20(17)25-11-13-26(14-12-25)21-16-22(28)27(23(21)29)10-9-18-5-3-2-4-6-18/h2-8,15,21H,9-14,16H2,1H3/t21-/m0/s1. The third kappa shape index (κ3) is 4.31. The molecule has 0 saturated carbocycles. The maximum atomic E-state index is 12.9. The summed E-state index contributed by atoms with van der Waals surface area (Å²) in [4.78, 5) is 31.3. The van der Waals surface area contributed by atoms with Gasteiger partial charge in [-0.25, -0.2) is 0 Å². The average Bonchev–Trinajstić information content (AvgIpc) is 3.03. The Kier molecular flexibility index (Phi) is 5.88. The number of rotatable bonds is 5. The second-order valence-corrected chi connectivity index (χ2v) is 8.23. The molecule has 2 aromatic carbocycles. The molecule has 1 atom stereocenters. The van der Waals surface area contributed by atoms with Gasteiger partial charge < -0.3 is 4.90 Å². The van der Waals surface area contributed by atoms with Crippen molar-refractivity contribution in [1.29, 1.82) is 0 Å². The molecule has 2 fully saturated rings. The van der Waals surface area contributed by atoms with E-state index in [0.29, 0.717) is 19.4 Å². The number of carbonyl (C=O) groups is 2. The molecule has 0 aliphatic carbocycles. The van der Waals surface area contributed by atoms with Gasteiger partial charge in [-0.15, -0.1) is 0 Å². The van der Waals surface area contributed by atoms with Gasteiger partial charge in [0.1, 0.15) is 0 Å². The van der Waals surface area contributed by atoms with Crippen LogP contribution in [0.2, 0.25) is 5.02 Å². The lowest BCUT2D eigenvalue weighted by molar-refractivity contribution is -0.139. The maximum absolute atomic E-state index is 12.9. The van der Waals surface area contributed by atoms with Crippen LogP contribution in [-0.4, -0.2) is 60.4 Å². The van der Waals surface area contributed by atoms with Crippen LogP contribution in [0.4, 0.5) is 5.69 Å². The van der Waals surface area contributed by atoms with Crippen LogP contribution >= 0.6 is 11.6 Å². The van der Waals surface area contributed by atoms with E-state index in [2.05, 4.69) is 16.7 Å². The summed E-state index contributed by atoms with van der Waals surface area (Å²) in [5.74, 6) is -0.0950. The van der Waals surface area contributed by atoms with Gasteiger partial charge in [0.25, 0.3) is 0 Å². The molecule has 4 rings (SSSR count). The minimum atomic E-state index is -0.319. The van der Waals surface area contributed by atoms with Crippen LogP contribution < -0.4 is 4.90 Å². The zero-order chi connectivity index (χ0) is 20.4. The van der Waals surface area contributed by atoms with Crippen molar-refractivity contribution in [1.82, 2.24) is 9.80 Å². The molecule has 6 heteroatoms. The van der Waals surface area contributed by atoms with Crippen molar-refractivity contribution >= 4 is 29.1 Å². The first kappa shape index (κ1) is 19.9. The fourth-order valence-electron chi connectivity index (χ4n) is 4.27. The Balaban J connectivity index is 1.35. The molecule has 2 amide bonds. The highest BCUT2D eigenvalue weighted by Crippen LogP contribution is 2.27. The first-order valence-corrected chi connectivity index (χ1v) is 10.5. The zero-order valence-electron chi connectivity index (χ0n) is 16.7. The van der Waals surface area contributed by atoms with E-state index < -0.39 is 0 Å². The van der Waals surface area contributed by atoms with E-state index in [0.717, 1.165) is 42.5 Å². The second-order valence-electron chi connectivity index (χ2n) is 7.79. The quantitative estimate of drug-likeness (QED) is 0.709. The molecule has 0 spiro atoms. The predicted molar refractivity (Wildman–Crippen MR) is 115 cm³/mol.